The first-order chi connectivity index (χ1) is 11.4. The smallest absolute Gasteiger partial charge is 0.139 e. The third-order valence-corrected chi connectivity index (χ3v) is 5.53. The van der Waals surface area contributed by atoms with Gasteiger partial charge >= 0.3 is 0 Å². The number of aromatic nitrogens is 2. The molecule has 0 saturated carbocycles. The van der Waals surface area contributed by atoms with Crippen molar-refractivity contribution < 1.29 is 8.78 Å². The van der Waals surface area contributed by atoms with Crippen LogP contribution in [0.4, 0.5) is 8.78 Å². The van der Waals surface area contributed by atoms with Crippen molar-refractivity contribution in [3.63, 3.8) is 0 Å². The van der Waals surface area contributed by atoms with Crippen molar-refractivity contribution in [1.82, 2.24) is 9.78 Å². The predicted molar refractivity (Wildman–Crippen MR) is 106 cm³/mol. The molecule has 0 atom stereocenters. The van der Waals surface area contributed by atoms with Crippen molar-refractivity contribution in [1.29, 1.82) is 0 Å². The predicted octanol–water partition coefficient (Wildman–Crippen LogP) is 5.60. The standard InChI is InChI=1S/C8H5BrFIN2.C8H5BrFN/c1-13-7-3-6(10)5(9)2-4(7)8(11)12-13;9-7-1-5-3-11-4-6(5)2-8(7)10/h2-3H,1H3;1-3H,4H2. The summed E-state index contributed by atoms with van der Waals surface area (Å²) < 4.78 is 29.6. The first-order valence-corrected chi connectivity index (χ1v) is 9.48. The van der Waals surface area contributed by atoms with E-state index in [0.29, 0.717) is 15.5 Å². The van der Waals surface area contributed by atoms with Crippen molar-refractivity contribution in [2.24, 2.45) is 12.0 Å². The zero-order valence-corrected chi connectivity index (χ0v) is 17.7. The highest BCUT2D eigenvalue weighted by Gasteiger charge is 2.10. The zero-order chi connectivity index (χ0) is 17.4. The van der Waals surface area contributed by atoms with E-state index in [1.54, 1.807) is 30.1 Å². The van der Waals surface area contributed by atoms with Gasteiger partial charge in [0.25, 0.3) is 0 Å². The van der Waals surface area contributed by atoms with Crippen molar-refractivity contribution in [3.8, 4) is 0 Å². The van der Waals surface area contributed by atoms with E-state index >= 15 is 0 Å². The second-order valence-corrected chi connectivity index (χ2v) is 7.86. The molecule has 0 fully saturated rings. The molecule has 0 amide bonds. The van der Waals surface area contributed by atoms with Gasteiger partial charge in [0.05, 0.1) is 21.0 Å². The second kappa shape index (κ2) is 7.17. The summed E-state index contributed by atoms with van der Waals surface area (Å²) in [6, 6.07) is 6.50. The van der Waals surface area contributed by atoms with E-state index in [-0.39, 0.29) is 11.6 Å². The first-order valence-electron chi connectivity index (χ1n) is 6.82. The van der Waals surface area contributed by atoms with E-state index in [2.05, 4.69) is 64.5 Å². The Kier molecular flexibility index (Phi) is 5.36. The van der Waals surface area contributed by atoms with E-state index in [1.165, 1.54) is 12.1 Å². The van der Waals surface area contributed by atoms with Gasteiger partial charge in [-0.2, -0.15) is 5.10 Å². The molecule has 4 rings (SSSR count). The van der Waals surface area contributed by atoms with Crippen LogP contribution in [-0.4, -0.2) is 16.0 Å². The summed E-state index contributed by atoms with van der Waals surface area (Å²) in [7, 11) is 1.80. The van der Waals surface area contributed by atoms with Crippen molar-refractivity contribution in [2.75, 3.05) is 0 Å². The average Bonchev–Trinajstić information content (AvgIpc) is 3.07. The number of rotatable bonds is 0. The lowest BCUT2D eigenvalue weighted by Gasteiger charge is -1.98. The Morgan fingerprint density at radius 3 is 2.50 bits per heavy atom. The maximum absolute atomic E-state index is 13.1. The zero-order valence-electron chi connectivity index (χ0n) is 12.3. The molecule has 8 heteroatoms. The van der Waals surface area contributed by atoms with E-state index in [4.69, 9.17) is 0 Å². The Balaban J connectivity index is 0.000000143. The van der Waals surface area contributed by atoms with Crippen LogP contribution in [0.1, 0.15) is 11.1 Å². The van der Waals surface area contributed by atoms with Gasteiger partial charge in [-0.15, -0.1) is 0 Å². The Hall–Kier alpha value is -0.870. The van der Waals surface area contributed by atoms with Gasteiger partial charge < -0.3 is 0 Å². The normalized spacial score (nSPS) is 12.2. The maximum Gasteiger partial charge on any atom is 0.139 e. The molecule has 0 spiro atoms. The molecule has 0 radical (unpaired) electrons. The molecule has 0 aliphatic carbocycles. The lowest BCUT2D eigenvalue weighted by Crippen LogP contribution is -1.89. The number of benzene rings is 2. The van der Waals surface area contributed by atoms with Crippen LogP contribution in [0.25, 0.3) is 10.9 Å². The van der Waals surface area contributed by atoms with Crippen LogP contribution in [-0.2, 0) is 13.6 Å². The quantitative estimate of drug-likeness (QED) is 0.325. The molecular formula is C16H10Br2F2IN3. The third kappa shape index (κ3) is 3.55. The third-order valence-electron chi connectivity index (χ3n) is 3.52. The van der Waals surface area contributed by atoms with Crippen molar-refractivity contribution in [3.05, 3.63) is 59.7 Å². The van der Waals surface area contributed by atoms with Crippen LogP contribution >= 0.6 is 54.5 Å². The van der Waals surface area contributed by atoms with Gasteiger partial charge in [-0.3, -0.25) is 9.67 Å². The first kappa shape index (κ1) is 17.9. The van der Waals surface area contributed by atoms with Gasteiger partial charge in [-0.25, -0.2) is 8.78 Å². The number of nitrogens with zero attached hydrogens (tertiary/aromatic N) is 3. The fraction of sp³-hybridized carbons (Fsp3) is 0.125. The van der Waals surface area contributed by atoms with E-state index in [1.807, 2.05) is 0 Å². The van der Waals surface area contributed by atoms with Crippen LogP contribution in [0, 0.1) is 15.3 Å². The van der Waals surface area contributed by atoms with Gasteiger partial charge in [0.1, 0.15) is 15.3 Å². The van der Waals surface area contributed by atoms with Crippen LogP contribution in [0.5, 0.6) is 0 Å². The monoisotopic (exact) mass is 567 g/mol. The molecule has 3 aromatic rings. The minimum Gasteiger partial charge on any atom is -0.288 e. The highest BCUT2D eigenvalue weighted by molar-refractivity contribution is 14.1. The minimum absolute atomic E-state index is 0.214. The number of halogens is 5. The summed E-state index contributed by atoms with van der Waals surface area (Å²) in [4.78, 5) is 4.02. The molecule has 24 heavy (non-hydrogen) atoms. The molecule has 3 nitrogen and oxygen atoms in total. The molecule has 124 valence electrons. The fourth-order valence-corrected chi connectivity index (χ4v) is 3.77. The number of aryl methyl sites for hydroxylation is 1. The maximum atomic E-state index is 13.1. The van der Waals surface area contributed by atoms with E-state index < -0.39 is 0 Å². The number of hydrogen-bond acceptors (Lipinski definition) is 2. The molecule has 1 aromatic heterocycles. The Morgan fingerprint density at radius 2 is 1.75 bits per heavy atom. The van der Waals surface area contributed by atoms with Gasteiger partial charge in [-0.05, 0) is 83.8 Å². The fourth-order valence-electron chi connectivity index (χ4n) is 2.31. The summed E-state index contributed by atoms with van der Waals surface area (Å²) in [6.07, 6.45) is 1.76. The SMILES string of the molecule is Cn1nc(I)c2cc(Br)c(F)cc21.Fc1cc2c(cc1Br)C=NC2. The van der Waals surface area contributed by atoms with Crippen molar-refractivity contribution in [2.45, 2.75) is 6.54 Å². The topological polar surface area (TPSA) is 30.2 Å². The summed E-state index contributed by atoms with van der Waals surface area (Å²) in [5.41, 5.74) is 2.79. The largest absolute Gasteiger partial charge is 0.288 e. The Labute approximate surface area is 167 Å². The summed E-state index contributed by atoms with van der Waals surface area (Å²) >= 11 is 8.39. The van der Waals surface area contributed by atoms with Crippen LogP contribution in [0.15, 0.2) is 38.2 Å². The Morgan fingerprint density at radius 1 is 1.08 bits per heavy atom. The number of hydrogen-bond donors (Lipinski definition) is 0. The van der Waals surface area contributed by atoms with Gasteiger partial charge in [-0.1, -0.05) is 0 Å². The Bertz CT molecular complexity index is 928. The van der Waals surface area contributed by atoms with Crippen molar-refractivity contribution >= 4 is 71.6 Å². The summed E-state index contributed by atoms with van der Waals surface area (Å²) in [5.74, 6) is -0.471. The molecule has 2 heterocycles. The number of fused-ring (bicyclic) bond motifs is 2. The second-order valence-electron chi connectivity index (χ2n) is 5.13. The highest BCUT2D eigenvalue weighted by Crippen LogP contribution is 2.26. The molecule has 1 aliphatic rings. The summed E-state index contributed by atoms with van der Waals surface area (Å²) in [5, 5.41) is 5.16. The van der Waals surface area contributed by atoms with Gasteiger partial charge in [0.2, 0.25) is 0 Å². The van der Waals surface area contributed by atoms with Crippen LogP contribution < -0.4 is 0 Å². The minimum atomic E-state index is -0.257. The number of aliphatic imine (C=N–C) groups is 1. The lowest BCUT2D eigenvalue weighted by atomic mass is 10.1. The van der Waals surface area contributed by atoms with Crippen LogP contribution in [0.2, 0.25) is 0 Å². The lowest BCUT2D eigenvalue weighted by molar-refractivity contribution is 0.619. The molecule has 1 aliphatic heterocycles. The van der Waals surface area contributed by atoms with E-state index in [9.17, 15) is 8.78 Å². The molecule has 2 aromatic carbocycles. The van der Waals surface area contributed by atoms with Gasteiger partial charge in [0.15, 0.2) is 0 Å². The molecule has 0 unspecified atom stereocenters. The average molecular weight is 569 g/mol. The molecule has 0 N–H and O–H groups in total. The van der Waals surface area contributed by atoms with Crippen LogP contribution in [0.3, 0.4) is 0 Å². The van der Waals surface area contributed by atoms with E-state index in [0.717, 1.165) is 25.7 Å². The summed E-state index contributed by atoms with van der Waals surface area (Å²) in [6.45, 7) is 0.611. The molecular weight excluding hydrogens is 559 g/mol. The molecule has 0 saturated heterocycles. The highest BCUT2D eigenvalue weighted by atomic mass is 127. The van der Waals surface area contributed by atoms with Gasteiger partial charge in [0, 0.05) is 24.7 Å². The molecule has 0 bridgehead atoms.